The molecule has 0 amide bonds. The molecule has 1 atom stereocenters. The summed E-state index contributed by atoms with van der Waals surface area (Å²) in [6.45, 7) is 7.42. The van der Waals surface area contributed by atoms with Gasteiger partial charge in [-0.25, -0.2) is 0 Å². The Balaban J connectivity index is 3.08. The van der Waals surface area contributed by atoms with Gasteiger partial charge in [-0.15, -0.1) is 0 Å². The first-order chi connectivity index (χ1) is 7.82. The molecule has 0 aliphatic carbocycles. The molecule has 0 saturated heterocycles. The summed E-state index contributed by atoms with van der Waals surface area (Å²) in [5.41, 5.74) is 3.63. The van der Waals surface area contributed by atoms with Gasteiger partial charge in [0.25, 0.3) is 0 Å². The van der Waals surface area contributed by atoms with E-state index in [1.807, 2.05) is 32.9 Å². The highest BCUT2D eigenvalue weighted by Crippen LogP contribution is 2.21. The fourth-order valence-corrected chi connectivity index (χ4v) is 2.17. The number of aliphatic carboxylic acids is 1. The molecule has 1 N–H and O–H groups in total. The maximum absolute atomic E-state index is 12.2. The third-order valence-electron chi connectivity index (χ3n) is 2.85. The second-order valence-corrected chi connectivity index (χ2v) is 4.64. The lowest BCUT2D eigenvalue weighted by atomic mass is 9.89. The molecule has 0 bridgehead atoms. The maximum atomic E-state index is 12.2. The molecule has 0 aliphatic heterocycles. The van der Waals surface area contributed by atoms with Crippen molar-refractivity contribution in [2.24, 2.45) is 5.92 Å². The number of hydrogen-bond acceptors (Lipinski definition) is 2. The van der Waals surface area contributed by atoms with Crippen LogP contribution in [-0.4, -0.2) is 16.9 Å². The number of hydrogen-bond donors (Lipinski definition) is 1. The minimum absolute atomic E-state index is 0.0811. The number of ketones is 1. The molecule has 3 heteroatoms. The molecule has 1 aromatic carbocycles. The number of carboxylic acids is 1. The summed E-state index contributed by atoms with van der Waals surface area (Å²) in [7, 11) is 0. The predicted molar refractivity (Wildman–Crippen MR) is 66.4 cm³/mol. The largest absolute Gasteiger partial charge is 0.481 e. The summed E-state index contributed by atoms with van der Waals surface area (Å²) in [6.07, 6.45) is -0.119. The summed E-state index contributed by atoms with van der Waals surface area (Å²) < 4.78 is 0. The van der Waals surface area contributed by atoms with Gasteiger partial charge < -0.3 is 5.11 Å². The van der Waals surface area contributed by atoms with E-state index in [2.05, 4.69) is 0 Å². The zero-order valence-electron chi connectivity index (χ0n) is 10.7. The van der Waals surface area contributed by atoms with Gasteiger partial charge in [0.05, 0.1) is 6.42 Å². The third-order valence-corrected chi connectivity index (χ3v) is 2.85. The molecule has 0 aliphatic rings. The first kappa shape index (κ1) is 13.4. The van der Waals surface area contributed by atoms with Gasteiger partial charge in [-0.1, -0.05) is 24.6 Å². The second-order valence-electron chi connectivity index (χ2n) is 4.64. The van der Waals surface area contributed by atoms with Crippen molar-refractivity contribution in [1.29, 1.82) is 0 Å². The van der Waals surface area contributed by atoms with Crippen molar-refractivity contribution in [2.75, 3.05) is 0 Å². The second kappa shape index (κ2) is 5.13. The van der Waals surface area contributed by atoms with Crippen LogP contribution >= 0.6 is 0 Å². The normalized spacial score (nSPS) is 12.2. The number of Topliss-reactive ketones (excluding diaryl/α,β-unsaturated/α-hetero) is 1. The number of benzene rings is 1. The third kappa shape index (κ3) is 3.16. The summed E-state index contributed by atoms with van der Waals surface area (Å²) in [5, 5.41) is 8.71. The van der Waals surface area contributed by atoms with Crippen LogP contribution in [0.25, 0.3) is 0 Å². The molecule has 17 heavy (non-hydrogen) atoms. The van der Waals surface area contributed by atoms with Crippen molar-refractivity contribution in [1.82, 2.24) is 0 Å². The van der Waals surface area contributed by atoms with Crippen molar-refractivity contribution in [3.63, 3.8) is 0 Å². The fourth-order valence-electron chi connectivity index (χ4n) is 2.17. The molecule has 0 saturated carbocycles. The molecule has 1 unspecified atom stereocenters. The van der Waals surface area contributed by atoms with E-state index in [1.54, 1.807) is 6.92 Å². The highest BCUT2D eigenvalue weighted by atomic mass is 16.4. The van der Waals surface area contributed by atoms with Crippen LogP contribution in [0.4, 0.5) is 0 Å². The SMILES string of the molecule is Cc1cc(C)c(C(=O)C(C)CC(=O)O)c(C)c1. The van der Waals surface area contributed by atoms with Crippen molar-refractivity contribution < 1.29 is 14.7 Å². The molecular weight excluding hydrogens is 216 g/mol. The Labute approximate surface area is 101 Å². The van der Waals surface area contributed by atoms with Gasteiger partial charge in [0.1, 0.15) is 0 Å². The van der Waals surface area contributed by atoms with Gasteiger partial charge in [0.15, 0.2) is 5.78 Å². The number of aryl methyl sites for hydroxylation is 3. The summed E-state index contributed by atoms with van der Waals surface area (Å²) >= 11 is 0. The minimum Gasteiger partial charge on any atom is -0.481 e. The lowest BCUT2D eigenvalue weighted by molar-refractivity contribution is -0.137. The van der Waals surface area contributed by atoms with E-state index in [0.29, 0.717) is 5.56 Å². The Bertz CT molecular complexity index is 438. The van der Waals surface area contributed by atoms with Crippen molar-refractivity contribution >= 4 is 11.8 Å². The van der Waals surface area contributed by atoms with E-state index in [1.165, 1.54) is 0 Å². The first-order valence-corrected chi connectivity index (χ1v) is 5.66. The van der Waals surface area contributed by atoms with Crippen molar-refractivity contribution in [2.45, 2.75) is 34.1 Å². The topological polar surface area (TPSA) is 54.4 Å². The van der Waals surface area contributed by atoms with E-state index in [9.17, 15) is 9.59 Å². The average molecular weight is 234 g/mol. The van der Waals surface area contributed by atoms with Crippen LogP contribution in [0.1, 0.15) is 40.4 Å². The Morgan fingerprint density at radius 3 is 2.06 bits per heavy atom. The van der Waals surface area contributed by atoms with E-state index in [0.717, 1.165) is 16.7 Å². The van der Waals surface area contributed by atoms with Gasteiger partial charge in [-0.2, -0.15) is 0 Å². The quantitative estimate of drug-likeness (QED) is 0.815. The molecule has 3 nitrogen and oxygen atoms in total. The van der Waals surface area contributed by atoms with Crippen LogP contribution in [0.5, 0.6) is 0 Å². The van der Waals surface area contributed by atoms with Gasteiger partial charge in [-0.3, -0.25) is 9.59 Å². The van der Waals surface area contributed by atoms with Crippen LogP contribution in [0.15, 0.2) is 12.1 Å². The summed E-state index contributed by atoms with van der Waals surface area (Å²) in [5.74, 6) is -1.50. The zero-order chi connectivity index (χ0) is 13.2. The van der Waals surface area contributed by atoms with Gasteiger partial charge in [0.2, 0.25) is 0 Å². The van der Waals surface area contributed by atoms with Crippen LogP contribution in [-0.2, 0) is 4.79 Å². The molecule has 1 rings (SSSR count). The number of rotatable bonds is 4. The van der Waals surface area contributed by atoms with Gasteiger partial charge in [-0.05, 0) is 31.9 Å². The van der Waals surface area contributed by atoms with Crippen LogP contribution in [0.2, 0.25) is 0 Å². The van der Waals surface area contributed by atoms with Crippen molar-refractivity contribution in [3.8, 4) is 0 Å². The highest BCUT2D eigenvalue weighted by Gasteiger charge is 2.21. The van der Waals surface area contributed by atoms with E-state index in [4.69, 9.17) is 5.11 Å². The van der Waals surface area contributed by atoms with E-state index in [-0.39, 0.29) is 12.2 Å². The van der Waals surface area contributed by atoms with Gasteiger partial charge >= 0.3 is 5.97 Å². The summed E-state index contributed by atoms with van der Waals surface area (Å²) in [6, 6.07) is 3.90. The minimum atomic E-state index is -0.937. The Hall–Kier alpha value is -1.64. The fraction of sp³-hybridized carbons (Fsp3) is 0.429. The molecule has 92 valence electrons. The Kier molecular flexibility index (Phi) is 4.05. The maximum Gasteiger partial charge on any atom is 0.304 e. The van der Waals surface area contributed by atoms with E-state index >= 15 is 0 Å². The van der Waals surface area contributed by atoms with Gasteiger partial charge in [0, 0.05) is 11.5 Å². The first-order valence-electron chi connectivity index (χ1n) is 5.66. The van der Waals surface area contributed by atoms with Crippen LogP contribution in [0.3, 0.4) is 0 Å². The zero-order valence-corrected chi connectivity index (χ0v) is 10.7. The molecule has 0 heterocycles. The monoisotopic (exact) mass is 234 g/mol. The van der Waals surface area contributed by atoms with Crippen molar-refractivity contribution in [3.05, 3.63) is 34.4 Å². The number of carboxylic acid groups (broad SMARTS) is 1. The smallest absolute Gasteiger partial charge is 0.304 e. The molecule has 0 fully saturated rings. The molecule has 0 spiro atoms. The number of carbonyl (C=O) groups is 2. The average Bonchev–Trinajstić information content (AvgIpc) is 2.14. The highest BCUT2D eigenvalue weighted by molar-refractivity contribution is 6.01. The van der Waals surface area contributed by atoms with Crippen LogP contribution in [0, 0.1) is 26.7 Å². The molecular formula is C14H18O3. The summed E-state index contributed by atoms with van der Waals surface area (Å²) in [4.78, 5) is 22.8. The Morgan fingerprint density at radius 2 is 1.65 bits per heavy atom. The molecule has 0 radical (unpaired) electrons. The lowest BCUT2D eigenvalue weighted by Crippen LogP contribution is -2.17. The predicted octanol–water partition coefficient (Wildman–Crippen LogP) is 2.91. The standard InChI is InChI=1S/C14H18O3/c1-8-5-9(2)13(10(3)6-8)14(17)11(4)7-12(15)16/h5-6,11H,7H2,1-4H3,(H,15,16). The Morgan fingerprint density at radius 1 is 1.18 bits per heavy atom. The molecule has 0 aromatic heterocycles. The number of carbonyl (C=O) groups excluding carboxylic acids is 1. The molecule has 1 aromatic rings. The lowest BCUT2D eigenvalue weighted by Gasteiger charge is -2.13. The van der Waals surface area contributed by atoms with E-state index < -0.39 is 11.9 Å². The van der Waals surface area contributed by atoms with Crippen LogP contribution < -0.4 is 0 Å².